The maximum absolute atomic E-state index is 12.7. The molecular weight excluding hydrogens is 402 g/mol. The molecule has 4 rings (SSSR count). The molecule has 6 heteroatoms. The van der Waals surface area contributed by atoms with Crippen LogP contribution in [0.25, 0.3) is 0 Å². The quantitative estimate of drug-likeness (QED) is 0.428. The lowest BCUT2D eigenvalue weighted by molar-refractivity contribution is 0.0568. The summed E-state index contributed by atoms with van der Waals surface area (Å²) in [6.45, 7) is 6.36. The van der Waals surface area contributed by atoms with E-state index < -0.39 is 11.7 Å². The van der Waals surface area contributed by atoms with E-state index in [1.54, 1.807) is 4.90 Å². The van der Waals surface area contributed by atoms with Crippen LogP contribution in [0.3, 0.4) is 0 Å². The first-order chi connectivity index (χ1) is 15.4. The second-order valence-corrected chi connectivity index (χ2v) is 8.44. The molecule has 1 aliphatic heterocycles. The zero-order valence-electron chi connectivity index (χ0n) is 18.5. The molecule has 1 aliphatic rings. The third-order valence-corrected chi connectivity index (χ3v) is 4.84. The van der Waals surface area contributed by atoms with Gasteiger partial charge in [0.2, 0.25) is 0 Å². The van der Waals surface area contributed by atoms with Crippen molar-refractivity contribution in [3.05, 3.63) is 90.0 Å². The van der Waals surface area contributed by atoms with Crippen molar-refractivity contribution >= 4 is 23.2 Å². The van der Waals surface area contributed by atoms with Gasteiger partial charge in [-0.3, -0.25) is 10.3 Å². The fraction of sp³-hybridized carbons (Fsp3) is 0.231. The molecule has 164 valence electrons. The number of fused-ring (bicyclic) bond motifs is 1. The Morgan fingerprint density at radius 1 is 0.938 bits per heavy atom. The summed E-state index contributed by atoms with van der Waals surface area (Å²) in [5, 5.41) is 4.72. The summed E-state index contributed by atoms with van der Waals surface area (Å²) in [6, 6.07) is 25.6. The lowest BCUT2D eigenvalue weighted by Gasteiger charge is -2.32. The molecule has 0 unspecified atom stereocenters. The van der Waals surface area contributed by atoms with Gasteiger partial charge in [0.05, 0.1) is 17.9 Å². The summed E-state index contributed by atoms with van der Waals surface area (Å²) < 4.78 is 11.5. The average Bonchev–Trinajstić information content (AvgIpc) is 2.79. The summed E-state index contributed by atoms with van der Waals surface area (Å²) in [4.78, 5) is 14.3. The van der Waals surface area contributed by atoms with Gasteiger partial charge in [0, 0.05) is 11.1 Å². The van der Waals surface area contributed by atoms with E-state index >= 15 is 0 Å². The van der Waals surface area contributed by atoms with E-state index in [2.05, 4.69) is 5.43 Å². The molecular formula is C26H27N3O3. The number of hydrogen-bond acceptors (Lipinski definition) is 5. The Morgan fingerprint density at radius 3 is 2.16 bits per heavy atom. The third-order valence-electron chi connectivity index (χ3n) is 4.84. The van der Waals surface area contributed by atoms with Gasteiger partial charge < -0.3 is 9.47 Å². The molecule has 3 aromatic rings. The summed E-state index contributed by atoms with van der Waals surface area (Å²) in [7, 11) is 0. The molecule has 1 heterocycles. The Labute approximate surface area is 188 Å². The normalized spacial score (nSPS) is 12.9. The molecule has 0 saturated heterocycles. The topological polar surface area (TPSA) is 63.2 Å². The molecule has 0 aromatic heterocycles. The maximum Gasteiger partial charge on any atom is 0.415 e. The van der Waals surface area contributed by atoms with Crippen molar-refractivity contribution in [3.63, 3.8) is 0 Å². The highest BCUT2D eigenvalue weighted by molar-refractivity contribution is 6.13. The van der Waals surface area contributed by atoms with E-state index in [-0.39, 0.29) is 0 Å². The SMILES string of the molecule is CC(C)(C)OC(=O)N1CCOc2c(NN=C(c3ccccc3)c3ccccc3)cccc21. The Kier molecular flexibility index (Phi) is 6.12. The minimum atomic E-state index is -0.573. The number of hydrogen-bond donors (Lipinski definition) is 1. The molecule has 0 fully saturated rings. The van der Waals surface area contributed by atoms with Gasteiger partial charge in [0.15, 0.2) is 5.75 Å². The maximum atomic E-state index is 12.7. The number of anilines is 2. The van der Waals surface area contributed by atoms with Gasteiger partial charge in [-0.1, -0.05) is 66.7 Å². The Bertz CT molecular complexity index is 1060. The summed E-state index contributed by atoms with van der Waals surface area (Å²) in [5.41, 5.74) is 6.72. The summed E-state index contributed by atoms with van der Waals surface area (Å²) in [5.74, 6) is 0.578. The molecule has 0 spiro atoms. The number of para-hydroxylation sites is 1. The number of nitrogens with zero attached hydrogens (tertiary/aromatic N) is 2. The van der Waals surface area contributed by atoms with E-state index in [0.717, 1.165) is 16.8 Å². The van der Waals surface area contributed by atoms with E-state index in [1.165, 1.54) is 0 Å². The third kappa shape index (κ3) is 4.91. The highest BCUT2D eigenvalue weighted by Gasteiger charge is 2.29. The first-order valence-corrected chi connectivity index (χ1v) is 10.6. The average molecular weight is 430 g/mol. The molecule has 6 nitrogen and oxygen atoms in total. The largest absolute Gasteiger partial charge is 0.487 e. The Morgan fingerprint density at radius 2 is 1.56 bits per heavy atom. The van der Waals surface area contributed by atoms with Crippen LogP contribution in [-0.2, 0) is 4.74 Å². The molecule has 0 aliphatic carbocycles. The van der Waals surface area contributed by atoms with Crippen LogP contribution < -0.4 is 15.1 Å². The number of amides is 1. The van der Waals surface area contributed by atoms with Gasteiger partial charge in [-0.15, -0.1) is 0 Å². The molecule has 0 bridgehead atoms. The van der Waals surface area contributed by atoms with Gasteiger partial charge in [-0.2, -0.15) is 5.10 Å². The highest BCUT2D eigenvalue weighted by atomic mass is 16.6. The van der Waals surface area contributed by atoms with Crippen molar-refractivity contribution in [2.24, 2.45) is 5.10 Å². The molecule has 3 aromatic carbocycles. The first-order valence-electron chi connectivity index (χ1n) is 10.6. The van der Waals surface area contributed by atoms with Crippen LogP contribution in [0.1, 0.15) is 31.9 Å². The van der Waals surface area contributed by atoms with Crippen LogP contribution in [0.5, 0.6) is 5.75 Å². The molecule has 0 atom stereocenters. The van der Waals surface area contributed by atoms with Crippen LogP contribution >= 0.6 is 0 Å². The number of carbonyl (C=O) groups excluding carboxylic acids is 1. The van der Waals surface area contributed by atoms with Crippen LogP contribution in [0.15, 0.2) is 84.0 Å². The second kappa shape index (κ2) is 9.14. The Hall–Kier alpha value is -3.80. The van der Waals surface area contributed by atoms with Crippen LogP contribution in [-0.4, -0.2) is 30.6 Å². The second-order valence-electron chi connectivity index (χ2n) is 8.44. The lowest BCUT2D eigenvalue weighted by atomic mass is 10.0. The van der Waals surface area contributed by atoms with Crippen molar-refractivity contribution in [2.75, 3.05) is 23.5 Å². The van der Waals surface area contributed by atoms with Crippen molar-refractivity contribution < 1.29 is 14.3 Å². The summed E-state index contributed by atoms with van der Waals surface area (Å²) >= 11 is 0. The van der Waals surface area contributed by atoms with E-state index in [0.29, 0.717) is 30.3 Å². The van der Waals surface area contributed by atoms with Crippen molar-refractivity contribution in [2.45, 2.75) is 26.4 Å². The van der Waals surface area contributed by atoms with Gasteiger partial charge in [0.1, 0.15) is 17.9 Å². The molecule has 32 heavy (non-hydrogen) atoms. The van der Waals surface area contributed by atoms with Crippen LogP contribution in [0, 0.1) is 0 Å². The van der Waals surface area contributed by atoms with Crippen molar-refractivity contribution in [1.82, 2.24) is 0 Å². The predicted octanol–water partition coefficient (Wildman–Crippen LogP) is 5.69. The zero-order valence-corrected chi connectivity index (χ0v) is 18.5. The van der Waals surface area contributed by atoms with Crippen LogP contribution in [0.4, 0.5) is 16.2 Å². The number of benzene rings is 3. The molecule has 0 radical (unpaired) electrons. The number of ether oxygens (including phenoxy) is 2. The van der Waals surface area contributed by atoms with Crippen LogP contribution in [0.2, 0.25) is 0 Å². The van der Waals surface area contributed by atoms with Gasteiger partial charge >= 0.3 is 6.09 Å². The minimum absolute atomic E-state index is 0.374. The standard InChI is InChI=1S/C26H27N3O3/c1-26(2,3)32-25(30)29-17-18-31-24-21(15-10-16-22(24)29)27-28-23(19-11-6-4-7-12-19)20-13-8-5-9-14-20/h4-16,27H,17-18H2,1-3H3. The minimum Gasteiger partial charge on any atom is -0.487 e. The first kappa shape index (κ1) is 21.4. The van der Waals surface area contributed by atoms with Gasteiger partial charge in [-0.25, -0.2) is 4.79 Å². The monoisotopic (exact) mass is 429 g/mol. The number of nitrogens with one attached hydrogen (secondary N) is 1. The fourth-order valence-corrected chi connectivity index (χ4v) is 3.45. The van der Waals surface area contributed by atoms with Crippen molar-refractivity contribution in [1.29, 1.82) is 0 Å². The van der Waals surface area contributed by atoms with Gasteiger partial charge in [-0.05, 0) is 32.9 Å². The number of hydrazone groups is 1. The number of rotatable bonds is 4. The van der Waals surface area contributed by atoms with E-state index in [9.17, 15) is 4.79 Å². The Balaban J connectivity index is 1.67. The van der Waals surface area contributed by atoms with E-state index in [4.69, 9.17) is 14.6 Å². The zero-order chi connectivity index (χ0) is 22.6. The lowest BCUT2D eigenvalue weighted by Crippen LogP contribution is -2.41. The fourth-order valence-electron chi connectivity index (χ4n) is 3.45. The molecule has 1 N–H and O–H groups in total. The summed E-state index contributed by atoms with van der Waals surface area (Å²) in [6.07, 6.45) is -0.392. The molecule has 1 amide bonds. The van der Waals surface area contributed by atoms with E-state index in [1.807, 2.05) is 99.6 Å². The predicted molar refractivity (Wildman–Crippen MR) is 128 cm³/mol. The van der Waals surface area contributed by atoms with Gasteiger partial charge in [0.25, 0.3) is 0 Å². The smallest absolute Gasteiger partial charge is 0.415 e. The number of carbonyl (C=O) groups is 1. The highest BCUT2D eigenvalue weighted by Crippen LogP contribution is 2.39. The van der Waals surface area contributed by atoms with Crippen molar-refractivity contribution in [3.8, 4) is 5.75 Å². The molecule has 0 saturated carbocycles.